The molecule has 1 saturated heterocycles. The van der Waals surface area contributed by atoms with Crippen molar-refractivity contribution in [3.63, 3.8) is 0 Å². The molecule has 0 spiro atoms. The van der Waals surface area contributed by atoms with Crippen LogP contribution < -0.4 is 10.1 Å². The van der Waals surface area contributed by atoms with Gasteiger partial charge in [0.2, 0.25) is 11.8 Å². The van der Waals surface area contributed by atoms with Crippen molar-refractivity contribution in [3.05, 3.63) is 72.1 Å². The fourth-order valence-corrected chi connectivity index (χ4v) is 5.99. The molecule has 2 aromatic heterocycles. The number of aryl methyl sites for hydroxylation is 2. The molecule has 9 heteroatoms. The Kier molecular flexibility index (Phi) is 8.90. The van der Waals surface area contributed by atoms with Crippen molar-refractivity contribution >= 4 is 22.8 Å². The van der Waals surface area contributed by atoms with Gasteiger partial charge < -0.3 is 24.8 Å². The summed E-state index contributed by atoms with van der Waals surface area (Å²) in [5, 5.41) is 16.0. The van der Waals surface area contributed by atoms with Gasteiger partial charge in [0.1, 0.15) is 11.4 Å². The Bertz CT molecular complexity index is 1670. The van der Waals surface area contributed by atoms with Gasteiger partial charge in [0.05, 0.1) is 17.4 Å². The number of rotatable bonds is 9. The smallest absolute Gasteiger partial charge is 0.410 e. The number of carbonyl (C=O) groups is 1. The van der Waals surface area contributed by atoms with E-state index in [2.05, 4.69) is 45.6 Å². The molecule has 1 amide bonds. The third-order valence-electron chi connectivity index (χ3n) is 8.48. The lowest BCUT2D eigenvalue weighted by molar-refractivity contribution is 0.0206. The molecule has 236 valence electrons. The summed E-state index contributed by atoms with van der Waals surface area (Å²) in [5.41, 5.74) is 3.11. The van der Waals surface area contributed by atoms with E-state index in [-0.39, 0.29) is 18.2 Å². The first-order valence-corrected chi connectivity index (χ1v) is 16.0. The van der Waals surface area contributed by atoms with E-state index < -0.39 is 5.60 Å². The maximum atomic E-state index is 12.7. The third kappa shape index (κ3) is 7.53. The fourth-order valence-electron chi connectivity index (χ4n) is 5.99. The summed E-state index contributed by atoms with van der Waals surface area (Å²) in [4.78, 5) is 28.3. The van der Waals surface area contributed by atoms with Gasteiger partial charge in [-0.1, -0.05) is 30.3 Å². The van der Waals surface area contributed by atoms with E-state index in [1.54, 1.807) is 17.3 Å². The number of carbonyl (C=O) groups excluding carboxylic acids is 1. The number of ether oxygens (including phenoxy) is 2. The van der Waals surface area contributed by atoms with Crippen LogP contribution >= 0.6 is 0 Å². The molecule has 4 aromatic rings. The Labute approximate surface area is 265 Å². The van der Waals surface area contributed by atoms with Crippen LogP contribution in [0.5, 0.6) is 11.6 Å². The van der Waals surface area contributed by atoms with Gasteiger partial charge >= 0.3 is 6.09 Å². The molecule has 1 aliphatic carbocycles. The second-order valence-corrected chi connectivity index (χ2v) is 13.3. The average Bonchev–Trinajstić information content (AvgIpc) is 3.87. The zero-order valence-electron chi connectivity index (χ0n) is 26.6. The van der Waals surface area contributed by atoms with Gasteiger partial charge in [0.15, 0.2) is 0 Å². The number of amides is 1. The quantitative estimate of drug-likeness (QED) is 0.203. The van der Waals surface area contributed by atoms with Gasteiger partial charge in [0, 0.05) is 36.9 Å². The van der Waals surface area contributed by atoms with E-state index in [0.717, 1.165) is 66.2 Å². The predicted molar refractivity (Wildman–Crippen MR) is 176 cm³/mol. The van der Waals surface area contributed by atoms with E-state index in [0.29, 0.717) is 36.5 Å². The number of piperidine rings is 1. The summed E-state index contributed by atoms with van der Waals surface area (Å²) in [5.74, 6) is 2.17. The van der Waals surface area contributed by atoms with Crippen LogP contribution in [0.1, 0.15) is 64.0 Å². The van der Waals surface area contributed by atoms with Crippen molar-refractivity contribution in [1.82, 2.24) is 19.9 Å². The van der Waals surface area contributed by atoms with Crippen molar-refractivity contribution in [2.24, 2.45) is 5.92 Å². The van der Waals surface area contributed by atoms with Crippen LogP contribution in [0.15, 0.2) is 60.9 Å². The summed E-state index contributed by atoms with van der Waals surface area (Å²) in [6.45, 7) is 8.86. The number of pyridine rings is 1. The van der Waals surface area contributed by atoms with Crippen LogP contribution in [0.2, 0.25) is 0 Å². The molecule has 1 saturated carbocycles. The van der Waals surface area contributed by atoms with Crippen molar-refractivity contribution in [1.29, 1.82) is 0 Å². The van der Waals surface area contributed by atoms with E-state index >= 15 is 0 Å². The van der Waals surface area contributed by atoms with Crippen molar-refractivity contribution in [2.45, 2.75) is 84.0 Å². The molecule has 2 fully saturated rings. The number of aromatic nitrogens is 3. The molecule has 2 aromatic carbocycles. The summed E-state index contributed by atoms with van der Waals surface area (Å²) in [7, 11) is 0. The number of hydrogen-bond acceptors (Lipinski definition) is 8. The van der Waals surface area contributed by atoms with E-state index in [1.807, 2.05) is 45.9 Å². The highest BCUT2D eigenvalue weighted by atomic mass is 16.6. The first kappa shape index (κ1) is 30.8. The van der Waals surface area contributed by atoms with Gasteiger partial charge in [0.25, 0.3) is 0 Å². The van der Waals surface area contributed by atoms with E-state index in [4.69, 9.17) is 14.5 Å². The minimum atomic E-state index is -0.537. The molecule has 1 unspecified atom stereocenters. The highest BCUT2D eigenvalue weighted by molar-refractivity contribution is 5.92. The van der Waals surface area contributed by atoms with Crippen LogP contribution in [-0.4, -0.2) is 61.9 Å². The number of aliphatic hydroxyl groups excluding tert-OH is 1. The first-order valence-electron chi connectivity index (χ1n) is 16.0. The minimum Gasteiger partial charge on any atom is -0.444 e. The van der Waals surface area contributed by atoms with Gasteiger partial charge in [-0.3, -0.25) is 0 Å². The average molecular weight is 610 g/mol. The van der Waals surface area contributed by atoms with Crippen LogP contribution in [-0.2, 0) is 11.2 Å². The van der Waals surface area contributed by atoms with Crippen LogP contribution in [0.25, 0.3) is 22.0 Å². The molecule has 2 aliphatic rings. The molecule has 6 rings (SSSR count). The molecule has 9 nitrogen and oxygen atoms in total. The van der Waals surface area contributed by atoms with Gasteiger partial charge in [-0.05, 0) is 107 Å². The summed E-state index contributed by atoms with van der Waals surface area (Å²) < 4.78 is 12.2. The summed E-state index contributed by atoms with van der Waals surface area (Å²) >= 11 is 0. The lowest BCUT2D eigenvalue weighted by Gasteiger charge is -2.34. The second kappa shape index (κ2) is 13.0. The number of hydrogen-bond donors (Lipinski definition) is 2. The van der Waals surface area contributed by atoms with Gasteiger partial charge in [-0.2, -0.15) is 0 Å². The SMILES string of the molecule is Cc1ccc2c(CCC(O)C3CC3)cccc2c1Oc1ncccc1-c1ccnc(N[C@H]2CCCN(C(=O)OC(C)(C)C)C2)n1. The molecular weight excluding hydrogens is 566 g/mol. The minimum absolute atomic E-state index is 0.00375. The predicted octanol–water partition coefficient (Wildman–Crippen LogP) is 7.31. The van der Waals surface area contributed by atoms with Gasteiger partial charge in [-0.15, -0.1) is 0 Å². The van der Waals surface area contributed by atoms with Crippen molar-refractivity contribution in [2.75, 3.05) is 18.4 Å². The normalized spacial score (nSPS) is 17.6. The first-order chi connectivity index (χ1) is 21.6. The fraction of sp³-hybridized carbons (Fsp3) is 0.444. The Morgan fingerprint density at radius 1 is 1.04 bits per heavy atom. The number of fused-ring (bicyclic) bond motifs is 1. The molecule has 45 heavy (non-hydrogen) atoms. The molecule has 2 N–H and O–H groups in total. The Hall–Kier alpha value is -4.24. The topological polar surface area (TPSA) is 110 Å². The Morgan fingerprint density at radius 2 is 1.89 bits per heavy atom. The molecular formula is C36H43N5O4. The maximum Gasteiger partial charge on any atom is 0.410 e. The largest absolute Gasteiger partial charge is 0.444 e. The highest BCUT2D eigenvalue weighted by Gasteiger charge is 2.30. The number of nitrogens with one attached hydrogen (secondary N) is 1. The van der Waals surface area contributed by atoms with Crippen molar-refractivity contribution in [3.8, 4) is 22.9 Å². The zero-order chi connectivity index (χ0) is 31.6. The van der Waals surface area contributed by atoms with Crippen LogP contribution in [0.4, 0.5) is 10.7 Å². The van der Waals surface area contributed by atoms with E-state index in [1.165, 1.54) is 5.56 Å². The van der Waals surface area contributed by atoms with Gasteiger partial charge in [-0.25, -0.2) is 19.7 Å². The second-order valence-electron chi connectivity index (χ2n) is 13.3. The van der Waals surface area contributed by atoms with Crippen LogP contribution in [0, 0.1) is 12.8 Å². The summed E-state index contributed by atoms with van der Waals surface area (Å²) in [6.07, 6.45) is 8.54. The molecule has 0 bridgehead atoms. The number of likely N-dealkylation sites (tertiary alicyclic amines) is 1. The standard InChI is InChI=1S/C36H43N5O4/c1-23-12-16-27-24(15-17-31(42)25-13-14-25)8-5-10-28(27)32(23)44-33-29(11-6-19-37-33)30-18-20-38-34(40-30)39-26-9-7-21-41(22-26)35(43)45-36(2,3)4/h5-6,8,10-12,16,18-20,25-26,31,42H,7,9,13-15,17,21-22H2,1-4H3,(H,38,39,40)/t26-,31?/m0/s1. The monoisotopic (exact) mass is 609 g/mol. The molecule has 3 heterocycles. The number of aliphatic hydroxyl groups is 1. The third-order valence-corrected chi connectivity index (χ3v) is 8.48. The lowest BCUT2D eigenvalue weighted by Crippen LogP contribution is -2.47. The zero-order valence-corrected chi connectivity index (χ0v) is 26.6. The summed E-state index contributed by atoms with van der Waals surface area (Å²) in [6, 6.07) is 16.2. The van der Waals surface area contributed by atoms with Crippen molar-refractivity contribution < 1.29 is 19.4 Å². The molecule has 2 atom stereocenters. The number of nitrogens with zero attached hydrogens (tertiary/aromatic N) is 4. The Balaban J connectivity index is 1.21. The number of benzene rings is 2. The molecule has 0 radical (unpaired) electrons. The lowest BCUT2D eigenvalue weighted by atomic mass is 9.96. The molecule has 1 aliphatic heterocycles. The van der Waals surface area contributed by atoms with Crippen LogP contribution in [0.3, 0.4) is 0 Å². The maximum absolute atomic E-state index is 12.7. The Morgan fingerprint density at radius 3 is 2.69 bits per heavy atom. The number of anilines is 1. The highest BCUT2D eigenvalue weighted by Crippen LogP contribution is 2.39. The van der Waals surface area contributed by atoms with E-state index in [9.17, 15) is 9.90 Å².